The van der Waals surface area contributed by atoms with Gasteiger partial charge < -0.3 is 21.5 Å². The lowest BCUT2D eigenvalue weighted by Crippen LogP contribution is -2.27. The predicted molar refractivity (Wildman–Crippen MR) is 152 cm³/mol. The molecule has 5 N–H and O–H groups in total. The highest BCUT2D eigenvalue weighted by Gasteiger charge is 2.33. The van der Waals surface area contributed by atoms with Gasteiger partial charge in [0.15, 0.2) is 0 Å². The second kappa shape index (κ2) is 10.8. The van der Waals surface area contributed by atoms with Crippen LogP contribution in [0.1, 0.15) is 47.3 Å². The third-order valence-electron chi connectivity index (χ3n) is 7.46. The number of nitrogen functional groups attached to an aromatic ring is 2. The molecule has 0 aliphatic carbocycles. The standard InChI is InChI=1S/C30H33F3N6O/c1-17(20-11-21(30(31,32)33)13-22(34)12-20)26-27-24(36-18(2)37-29(27)35)14-25(40-3)28(26)38-23-9-10-39(16-23)15-19-7-5-4-6-8-19/h4-8,11-14,17,23,38H,9-10,15-16,34H2,1-3H3,(H2,35,36,37)/t17-,23+/m1/s1. The lowest BCUT2D eigenvalue weighted by Gasteiger charge is -2.26. The number of ether oxygens (including phenoxy) is 1. The smallest absolute Gasteiger partial charge is 0.416 e. The first-order chi connectivity index (χ1) is 19.0. The molecular formula is C30H33F3N6O. The van der Waals surface area contributed by atoms with Gasteiger partial charge in [0, 0.05) is 48.7 Å². The average Bonchev–Trinajstić information content (AvgIpc) is 3.34. The zero-order valence-electron chi connectivity index (χ0n) is 22.7. The number of aryl methyl sites for hydroxylation is 1. The minimum absolute atomic E-state index is 0.0331. The normalized spacial score (nSPS) is 16.8. The number of alkyl halides is 3. The van der Waals surface area contributed by atoms with Crippen LogP contribution in [-0.2, 0) is 12.7 Å². The maximum Gasteiger partial charge on any atom is 0.416 e. The number of nitrogens with two attached hydrogens (primary N) is 2. The van der Waals surface area contributed by atoms with Crippen LogP contribution in [0, 0.1) is 6.92 Å². The van der Waals surface area contributed by atoms with Crippen molar-refractivity contribution < 1.29 is 17.9 Å². The number of nitrogens with one attached hydrogen (secondary N) is 1. The topological polar surface area (TPSA) is 102 Å². The molecule has 1 aromatic heterocycles. The summed E-state index contributed by atoms with van der Waals surface area (Å²) in [6.07, 6.45) is -3.65. The van der Waals surface area contributed by atoms with E-state index in [1.807, 2.05) is 25.1 Å². The Morgan fingerprint density at radius 2 is 1.85 bits per heavy atom. The molecule has 5 rings (SSSR count). The Morgan fingerprint density at radius 1 is 1.10 bits per heavy atom. The highest BCUT2D eigenvalue weighted by atomic mass is 19.4. The molecule has 0 radical (unpaired) electrons. The lowest BCUT2D eigenvalue weighted by atomic mass is 9.87. The number of aromatic nitrogens is 2. The molecule has 0 saturated carbocycles. The molecular weight excluding hydrogens is 517 g/mol. The van der Waals surface area contributed by atoms with E-state index < -0.39 is 17.7 Å². The number of halogens is 3. The zero-order valence-corrected chi connectivity index (χ0v) is 22.7. The number of likely N-dealkylation sites (tertiary alicyclic amines) is 1. The lowest BCUT2D eigenvalue weighted by molar-refractivity contribution is -0.137. The van der Waals surface area contributed by atoms with Crippen LogP contribution in [0.5, 0.6) is 5.75 Å². The Balaban J connectivity index is 1.59. The van der Waals surface area contributed by atoms with Gasteiger partial charge in [0.05, 0.1) is 23.9 Å². The van der Waals surface area contributed by atoms with Gasteiger partial charge in [-0.3, -0.25) is 4.90 Å². The summed E-state index contributed by atoms with van der Waals surface area (Å²) >= 11 is 0. The first-order valence-corrected chi connectivity index (χ1v) is 13.2. The molecule has 7 nitrogen and oxygen atoms in total. The minimum Gasteiger partial charge on any atom is -0.494 e. The van der Waals surface area contributed by atoms with E-state index >= 15 is 0 Å². The summed E-state index contributed by atoms with van der Waals surface area (Å²) < 4.78 is 46.9. The van der Waals surface area contributed by atoms with Crippen LogP contribution in [0.25, 0.3) is 10.9 Å². The minimum atomic E-state index is -4.54. The highest BCUT2D eigenvalue weighted by Crippen LogP contribution is 2.45. The van der Waals surface area contributed by atoms with Gasteiger partial charge in [0.1, 0.15) is 17.4 Å². The Hall–Kier alpha value is -4.05. The summed E-state index contributed by atoms with van der Waals surface area (Å²) in [5.74, 6) is 0.739. The predicted octanol–water partition coefficient (Wildman–Crippen LogP) is 5.97. The number of hydrogen-bond donors (Lipinski definition) is 3. The van der Waals surface area contributed by atoms with Crippen molar-refractivity contribution in [3.05, 3.63) is 82.7 Å². The molecule has 0 unspecified atom stereocenters. The van der Waals surface area contributed by atoms with Crippen LogP contribution >= 0.6 is 0 Å². The molecule has 0 amide bonds. The summed E-state index contributed by atoms with van der Waals surface area (Å²) in [7, 11) is 1.57. The van der Waals surface area contributed by atoms with Gasteiger partial charge in [-0.2, -0.15) is 13.2 Å². The zero-order chi connectivity index (χ0) is 28.6. The van der Waals surface area contributed by atoms with E-state index in [0.29, 0.717) is 39.3 Å². The van der Waals surface area contributed by atoms with E-state index in [4.69, 9.17) is 16.2 Å². The van der Waals surface area contributed by atoms with E-state index in [2.05, 4.69) is 32.3 Å². The summed E-state index contributed by atoms with van der Waals surface area (Å²) in [5.41, 5.74) is 15.2. The van der Waals surface area contributed by atoms with Crippen molar-refractivity contribution in [3.63, 3.8) is 0 Å². The fraction of sp³-hybridized carbons (Fsp3) is 0.333. The van der Waals surface area contributed by atoms with E-state index in [1.54, 1.807) is 26.2 Å². The molecule has 4 aromatic rings. The first kappa shape index (κ1) is 27.5. The van der Waals surface area contributed by atoms with Crippen LogP contribution in [0.4, 0.5) is 30.4 Å². The number of fused-ring (bicyclic) bond motifs is 1. The maximum atomic E-state index is 13.7. The molecule has 2 atom stereocenters. The number of benzene rings is 3. The van der Waals surface area contributed by atoms with Crippen molar-refractivity contribution >= 4 is 28.1 Å². The SMILES string of the molecule is COc1cc2nc(C)nc(N)c2c([C@H](C)c2cc(N)cc(C(F)(F)F)c2)c1N[C@H]1CCN(Cc2ccccc2)C1. The Labute approximate surface area is 231 Å². The van der Waals surface area contributed by atoms with Crippen molar-refractivity contribution in [2.45, 2.75) is 44.9 Å². The Kier molecular flexibility index (Phi) is 7.46. The Morgan fingerprint density at radius 3 is 2.55 bits per heavy atom. The van der Waals surface area contributed by atoms with Crippen molar-refractivity contribution in [1.82, 2.24) is 14.9 Å². The number of methoxy groups -OCH3 is 1. The van der Waals surface area contributed by atoms with Crippen LogP contribution in [0.15, 0.2) is 54.6 Å². The van der Waals surface area contributed by atoms with Crippen LogP contribution in [0.3, 0.4) is 0 Å². The number of rotatable bonds is 7. The van der Waals surface area contributed by atoms with Crippen molar-refractivity contribution in [2.24, 2.45) is 0 Å². The summed E-state index contributed by atoms with van der Waals surface area (Å²) in [4.78, 5) is 11.3. The molecule has 1 saturated heterocycles. The van der Waals surface area contributed by atoms with Crippen molar-refractivity contribution in [1.29, 1.82) is 0 Å². The third-order valence-corrected chi connectivity index (χ3v) is 7.46. The van der Waals surface area contributed by atoms with Crippen LogP contribution in [0.2, 0.25) is 0 Å². The number of anilines is 3. The van der Waals surface area contributed by atoms with Gasteiger partial charge in [-0.1, -0.05) is 37.3 Å². The second-order valence-corrected chi connectivity index (χ2v) is 10.4. The summed E-state index contributed by atoms with van der Waals surface area (Å²) in [6.45, 7) is 6.11. The van der Waals surface area contributed by atoms with Gasteiger partial charge in [0.25, 0.3) is 0 Å². The summed E-state index contributed by atoms with van der Waals surface area (Å²) in [6, 6.07) is 15.8. The van der Waals surface area contributed by atoms with E-state index in [1.165, 1.54) is 5.56 Å². The quantitative estimate of drug-likeness (QED) is 0.244. The Bertz CT molecular complexity index is 1530. The molecule has 0 bridgehead atoms. The second-order valence-electron chi connectivity index (χ2n) is 10.4. The monoisotopic (exact) mass is 550 g/mol. The van der Waals surface area contributed by atoms with E-state index in [-0.39, 0.29) is 17.5 Å². The molecule has 1 aliphatic rings. The molecule has 1 aliphatic heterocycles. The maximum absolute atomic E-state index is 13.7. The number of nitrogens with zero attached hydrogens (tertiary/aromatic N) is 3. The molecule has 2 heterocycles. The van der Waals surface area contributed by atoms with Crippen molar-refractivity contribution in [3.8, 4) is 5.75 Å². The third kappa shape index (κ3) is 5.62. The summed E-state index contributed by atoms with van der Waals surface area (Å²) in [5, 5.41) is 4.24. The van der Waals surface area contributed by atoms with Gasteiger partial charge >= 0.3 is 6.18 Å². The van der Waals surface area contributed by atoms with Crippen LogP contribution in [-0.4, -0.2) is 41.1 Å². The highest BCUT2D eigenvalue weighted by molar-refractivity contribution is 5.98. The number of hydrogen-bond acceptors (Lipinski definition) is 7. The molecule has 10 heteroatoms. The van der Waals surface area contributed by atoms with Gasteiger partial charge in [-0.05, 0) is 48.2 Å². The van der Waals surface area contributed by atoms with Gasteiger partial charge in [0.2, 0.25) is 0 Å². The molecule has 3 aromatic carbocycles. The molecule has 0 spiro atoms. The van der Waals surface area contributed by atoms with Gasteiger partial charge in [-0.15, -0.1) is 0 Å². The van der Waals surface area contributed by atoms with E-state index in [0.717, 1.165) is 38.2 Å². The molecule has 210 valence electrons. The van der Waals surface area contributed by atoms with Crippen LogP contribution < -0.4 is 21.5 Å². The van der Waals surface area contributed by atoms with Crippen molar-refractivity contribution in [2.75, 3.05) is 37.0 Å². The first-order valence-electron chi connectivity index (χ1n) is 13.2. The fourth-order valence-corrected chi connectivity index (χ4v) is 5.59. The largest absolute Gasteiger partial charge is 0.494 e. The molecule has 40 heavy (non-hydrogen) atoms. The van der Waals surface area contributed by atoms with Gasteiger partial charge in [-0.25, -0.2) is 9.97 Å². The molecule has 1 fully saturated rings. The average molecular weight is 551 g/mol. The fourth-order valence-electron chi connectivity index (χ4n) is 5.59. The van der Waals surface area contributed by atoms with E-state index in [9.17, 15) is 13.2 Å².